The number of hydrogen-bond acceptors (Lipinski definition) is 4. The summed E-state index contributed by atoms with van der Waals surface area (Å²) in [4.78, 5) is 11.2. The van der Waals surface area contributed by atoms with Crippen molar-refractivity contribution in [3.8, 4) is 0 Å². The third kappa shape index (κ3) is 0.671. The average Bonchev–Trinajstić information content (AvgIpc) is 2.43. The van der Waals surface area contributed by atoms with Gasteiger partial charge in [0.15, 0.2) is 11.9 Å². The fourth-order valence-corrected chi connectivity index (χ4v) is 2.27. The monoisotopic (exact) mass is 170 g/mol. The summed E-state index contributed by atoms with van der Waals surface area (Å²) >= 11 is 0. The first kappa shape index (κ1) is 6.86. The van der Waals surface area contributed by atoms with Crippen LogP contribution in [-0.2, 0) is 19.0 Å². The molecule has 2 bridgehead atoms. The minimum Gasteiger partial charge on any atom is -0.457 e. The zero-order valence-electron chi connectivity index (χ0n) is 6.78. The predicted molar refractivity (Wildman–Crippen MR) is 37.2 cm³/mol. The Morgan fingerprint density at radius 2 is 2.42 bits per heavy atom. The molecule has 0 unspecified atom stereocenters. The highest BCUT2D eigenvalue weighted by molar-refractivity contribution is 5.76. The number of esters is 1. The molecule has 3 fully saturated rings. The second-order valence-electron chi connectivity index (χ2n) is 3.81. The van der Waals surface area contributed by atoms with Crippen molar-refractivity contribution in [1.82, 2.24) is 0 Å². The van der Waals surface area contributed by atoms with Crippen molar-refractivity contribution in [2.75, 3.05) is 6.61 Å². The van der Waals surface area contributed by atoms with Crippen LogP contribution in [0, 0.1) is 5.92 Å². The van der Waals surface area contributed by atoms with Gasteiger partial charge in [-0.3, -0.25) is 4.79 Å². The Labute approximate surface area is 69.8 Å². The van der Waals surface area contributed by atoms with Gasteiger partial charge in [-0.25, -0.2) is 0 Å². The van der Waals surface area contributed by atoms with Crippen molar-refractivity contribution in [3.05, 3.63) is 0 Å². The molecular formula is C8H10O4. The summed E-state index contributed by atoms with van der Waals surface area (Å²) in [6, 6.07) is 0. The summed E-state index contributed by atoms with van der Waals surface area (Å²) < 4.78 is 16.1. The summed E-state index contributed by atoms with van der Waals surface area (Å²) in [5.74, 6) is -0.717. The summed E-state index contributed by atoms with van der Waals surface area (Å²) in [6.07, 6.45) is 0.446. The smallest absolute Gasteiger partial charge is 0.312 e. The van der Waals surface area contributed by atoms with Gasteiger partial charge in [0.2, 0.25) is 0 Å². The van der Waals surface area contributed by atoms with E-state index < -0.39 is 5.79 Å². The highest BCUT2D eigenvalue weighted by Gasteiger charge is 2.60. The summed E-state index contributed by atoms with van der Waals surface area (Å²) in [7, 11) is 0. The van der Waals surface area contributed by atoms with Gasteiger partial charge in [0.05, 0.1) is 12.5 Å². The molecular weight excluding hydrogens is 160 g/mol. The van der Waals surface area contributed by atoms with E-state index in [-0.39, 0.29) is 24.1 Å². The molecule has 3 aliphatic heterocycles. The molecule has 4 heteroatoms. The van der Waals surface area contributed by atoms with Gasteiger partial charge in [-0.2, -0.15) is 0 Å². The van der Waals surface area contributed by atoms with Crippen LogP contribution in [0.3, 0.4) is 0 Å². The van der Waals surface area contributed by atoms with Crippen molar-refractivity contribution in [2.24, 2.45) is 5.92 Å². The first-order valence-electron chi connectivity index (χ1n) is 4.20. The Balaban J connectivity index is 2.00. The first-order valence-corrected chi connectivity index (χ1v) is 4.20. The average molecular weight is 170 g/mol. The van der Waals surface area contributed by atoms with Gasteiger partial charge in [0.1, 0.15) is 6.10 Å². The Kier molecular flexibility index (Phi) is 1.04. The quantitative estimate of drug-likeness (QED) is 0.482. The molecule has 0 saturated carbocycles. The van der Waals surface area contributed by atoms with Crippen molar-refractivity contribution in [3.63, 3.8) is 0 Å². The van der Waals surface area contributed by atoms with E-state index in [0.717, 1.165) is 0 Å². The van der Waals surface area contributed by atoms with E-state index in [1.54, 1.807) is 0 Å². The molecule has 3 heterocycles. The Bertz CT molecular complexity index is 251. The lowest BCUT2D eigenvalue weighted by Gasteiger charge is -2.33. The molecule has 0 aliphatic carbocycles. The number of rotatable bonds is 0. The molecule has 0 radical (unpaired) electrons. The van der Waals surface area contributed by atoms with Gasteiger partial charge in [0, 0.05) is 6.42 Å². The third-order valence-electron chi connectivity index (χ3n) is 2.86. The largest absolute Gasteiger partial charge is 0.457 e. The van der Waals surface area contributed by atoms with Crippen molar-refractivity contribution in [2.45, 2.75) is 31.3 Å². The minimum atomic E-state index is -0.523. The molecule has 3 rings (SSSR count). The van der Waals surface area contributed by atoms with Crippen molar-refractivity contribution in [1.29, 1.82) is 0 Å². The zero-order chi connectivity index (χ0) is 8.34. The molecule has 3 aliphatic rings. The molecule has 66 valence electrons. The third-order valence-corrected chi connectivity index (χ3v) is 2.86. The molecule has 0 aromatic heterocycles. The maximum Gasteiger partial charge on any atom is 0.312 e. The molecule has 0 aromatic rings. The SMILES string of the molecule is C[C@]12C[C@@H]3C(=O)O[C@H](CO1)[C@H]3O2. The van der Waals surface area contributed by atoms with Crippen molar-refractivity contribution < 1.29 is 19.0 Å². The number of ether oxygens (including phenoxy) is 3. The molecule has 4 atom stereocenters. The summed E-state index contributed by atoms with van der Waals surface area (Å²) in [5.41, 5.74) is 0. The van der Waals surface area contributed by atoms with Crippen molar-refractivity contribution >= 4 is 5.97 Å². The van der Waals surface area contributed by atoms with Crippen LogP contribution in [0.1, 0.15) is 13.3 Å². The molecule has 0 spiro atoms. The Morgan fingerprint density at radius 1 is 1.58 bits per heavy atom. The molecule has 12 heavy (non-hydrogen) atoms. The van der Waals surface area contributed by atoms with E-state index in [1.807, 2.05) is 6.92 Å². The lowest BCUT2D eigenvalue weighted by Crippen LogP contribution is -2.43. The predicted octanol–water partition coefficient (Wildman–Crippen LogP) is 0.0633. The van der Waals surface area contributed by atoms with E-state index in [1.165, 1.54) is 0 Å². The Morgan fingerprint density at radius 3 is 3.25 bits per heavy atom. The maximum absolute atomic E-state index is 11.2. The number of carbonyl (C=O) groups is 1. The van der Waals surface area contributed by atoms with Gasteiger partial charge in [-0.15, -0.1) is 0 Å². The second-order valence-corrected chi connectivity index (χ2v) is 3.81. The van der Waals surface area contributed by atoms with Crippen LogP contribution in [0.5, 0.6) is 0 Å². The van der Waals surface area contributed by atoms with E-state index in [2.05, 4.69) is 0 Å². The molecule has 0 aromatic carbocycles. The normalized spacial score (nSPS) is 55.8. The number of fused-ring (bicyclic) bond motifs is 1. The zero-order valence-corrected chi connectivity index (χ0v) is 6.78. The summed E-state index contributed by atoms with van der Waals surface area (Å²) in [6.45, 7) is 2.37. The molecule has 3 saturated heterocycles. The highest BCUT2D eigenvalue weighted by atomic mass is 16.7. The molecule has 4 nitrogen and oxygen atoms in total. The Hall–Kier alpha value is -0.610. The second kappa shape index (κ2) is 1.83. The first-order chi connectivity index (χ1) is 5.68. The van der Waals surface area contributed by atoms with Crippen LogP contribution in [-0.4, -0.2) is 30.6 Å². The number of hydrogen-bond donors (Lipinski definition) is 0. The standard InChI is InChI=1S/C8H10O4/c1-8-2-4-6(12-8)5(3-10-8)11-7(4)9/h4-6H,2-3H2,1H3/t4-,5+,6-,8-/m0/s1. The van der Waals surface area contributed by atoms with E-state index in [4.69, 9.17) is 14.2 Å². The fraction of sp³-hybridized carbons (Fsp3) is 0.875. The van der Waals surface area contributed by atoms with Crippen LogP contribution in [0.15, 0.2) is 0 Å². The lowest BCUT2D eigenvalue weighted by atomic mass is 10.00. The summed E-state index contributed by atoms with van der Waals surface area (Å²) in [5, 5.41) is 0. The highest BCUT2D eigenvalue weighted by Crippen LogP contribution is 2.46. The van der Waals surface area contributed by atoms with Gasteiger partial charge in [-0.1, -0.05) is 0 Å². The lowest BCUT2D eigenvalue weighted by molar-refractivity contribution is -0.275. The van der Waals surface area contributed by atoms with Crippen LogP contribution >= 0.6 is 0 Å². The van der Waals surface area contributed by atoms with Gasteiger partial charge >= 0.3 is 5.97 Å². The molecule has 0 amide bonds. The van der Waals surface area contributed by atoms with Crippen LogP contribution in [0.25, 0.3) is 0 Å². The van der Waals surface area contributed by atoms with E-state index >= 15 is 0 Å². The van der Waals surface area contributed by atoms with Crippen LogP contribution in [0.2, 0.25) is 0 Å². The molecule has 0 N–H and O–H groups in total. The fourth-order valence-electron chi connectivity index (χ4n) is 2.27. The van der Waals surface area contributed by atoms with Crippen LogP contribution < -0.4 is 0 Å². The van der Waals surface area contributed by atoms with E-state index in [0.29, 0.717) is 13.0 Å². The van der Waals surface area contributed by atoms with E-state index in [9.17, 15) is 4.79 Å². The minimum absolute atomic E-state index is 0.0451. The van der Waals surface area contributed by atoms with Crippen LogP contribution in [0.4, 0.5) is 0 Å². The topological polar surface area (TPSA) is 44.8 Å². The van der Waals surface area contributed by atoms with Gasteiger partial charge in [-0.05, 0) is 6.92 Å². The maximum atomic E-state index is 11.2. The van der Waals surface area contributed by atoms with Gasteiger partial charge in [0.25, 0.3) is 0 Å². The van der Waals surface area contributed by atoms with Gasteiger partial charge < -0.3 is 14.2 Å². The number of carbonyl (C=O) groups excluding carboxylic acids is 1.